The van der Waals surface area contributed by atoms with E-state index < -0.39 is 15.7 Å². The molecule has 23 heavy (non-hydrogen) atoms. The minimum absolute atomic E-state index is 0.103. The van der Waals surface area contributed by atoms with Crippen LogP contribution in [0, 0.1) is 6.92 Å². The van der Waals surface area contributed by atoms with E-state index in [4.69, 9.17) is 33.7 Å². The summed E-state index contributed by atoms with van der Waals surface area (Å²) in [5.74, 6) is -0.695. The maximum atomic E-state index is 12.9. The number of primary amides is 1. The monoisotopic (exact) mass is 373 g/mol. The molecule has 0 bridgehead atoms. The molecule has 1 amide bonds. The van der Waals surface area contributed by atoms with E-state index in [1.807, 2.05) is 0 Å². The fourth-order valence-corrected chi connectivity index (χ4v) is 4.53. The predicted octanol–water partition coefficient (Wildman–Crippen LogP) is 3.24. The van der Waals surface area contributed by atoms with Gasteiger partial charge in [-0.25, -0.2) is 8.42 Å². The van der Waals surface area contributed by atoms with E-state index in [9.17, 15) is 13.2 Å². The SMILES string of the molecule is COc1c(C)c(Cl)cc(S(=O)(=O)c2ccccc2C(N)=O)c1Cl. The molecule has 0 aliphatic carbocycles. The zero-order chi connectivity index (χ0) is 17.4. The smallest absolute Gasteiger partial charge is 0.250 e. The second-order valence-electron chi connectivity index (χ2n) is 4.69. The van der Waals surface area contributed by atoms with Gasteiger partial charge in [0.1, 0.15) is 10.8 Å². The number of nitrogens with two attached hydrogens (primary N) is 1. The highest BCUT2D eigenvalue weighted by molar-refractivity contribution is 7.91. The van der Waals surface area contributed by atoms with Gasteiger partial charge in [-0.05, 0) is 25.1 Å². The van der Waals surface area contributed by atoms with E-state index in [1.165, 1.54) is 37.4 Å². The fraction of sp³-hybridized carbons (Fsp3) is 0.133. The van der Waals surface area contributed by atoms with Crippen molar-refractivity contribution in [2.75, 3.05) is 7.11 Å². The van der Waals surface area contributed by atoms with Gasteiger partial charge in [-0.1, -0.05) is 35.3 Å². The molecule has 0 heterocycles. The van der Waals surface area contributed by atoms with Gasteiger partial charge in [0.05, 0.1) is 22.5 Å². The summed E-state index contributed by atoms with van der Waals surface area (Å²) in [6, 6.07) is 6.85. The summed E-state index contributed by atoms with van der Waals surface area (Å²) >= 11 is 12.2. The number of rotatable bonds is 4. The Hall–Kier alpha value is -1.76. The molecule has 0 aromatic heterocycles. The zero-order valence-electron chi connectivity index (χ0n) is 12.3. The Balaban J connectivity index is 2.82. The molecule has 0 radical (unpaired) electrons. The molecule has 8 heteroatoms. The molecule has 0 saturated carbocycles. The van der Waals surface area contributed by atoms with Gasteiger partial charge >= 0.3 is 0 Å². The van der Waals surface area contributed by atoms with Crippen LogP contribution in [0.25, 0.3) is 0 Å². The van der Waals surface area contributed by atoms with E-state index in [0.29, 0.717) is 5.56 Å². The topological polar surface area (TPSA) is 86.5 Å². The van der Waals surface area contributed by atoms with Gasteiger partial charge in [0.2, 0.25) is 15.7 Å². The Kier molecular flexibility index (Phi) is 4.89. The standard InChI is InChI=1S/C15H13Cl2NO4S/c1-8-10(16)7-12(13(17)14(8)22-2)23(20,21)11-6-4-3-5-9(11)15(18)19/h3-7H,1-2H3,(H2,18,19). The van der Waals surface area contributed by atoms with Gasteiger partial charge in [-0.2, -0.15) is 0 Å². The lowest BCUT2D eigenvalue weighted by atomic mass is 10.2. The Bertz CT molecular complexity index is 895. The summed E-state index contributed by atoms with van der Waals surface area (Å²) in [6.45, 7) is 1.65. The quantitative estimate of drug-likeness (QED) is 0.890. The molecule has 2 aromatic rings. The fourth-order valence-electron chi connectivity index (χ4n) is 2.13. The van der Waals surface area contributed by atoms with Gasteiger partial charge in [-0.15, -0.1) is 0 Å². The molecular formula is C15H13Cl2NO4S. The molecule has 122 valence electrons. The van der Waals surface area contributed by atoms with E-state index in [-0.39, 0.29) is 31.1 Å². The molecule has 5 nitrogen and oxygen atoms in total. The molecule has 2 aromatic carbocycles. The Labute approximate surface area is 143 Å². The highest BCUT2D eigenvalue weighted by Crippen LogP contribution is 2.40. The molecule has 0 spiro atoms. The van der Waals surface area contributed by atoms with E-state index in [0.717, 1.165) is 0 Å². The summed E-state index contributed by atoms with van der Waals surface area (Å²) < 4.78 is 30.9. The number of carbonyl (C=O) groups is 1. The number of hydrogen-bond donors (Lipinski definition) is 1. The lowest BCUT2D eigenvalue weighted by Gasteiger charge is -2.15. The van der Waals surface area contributed by atoms with Crippen LogP contribution < -0.4 is 10.5 Å². The first-order valence-electron chi connectivity index (χ1n) is 6.38. The van der Waals surface area contributed by atoms with Crippen molar-refractivity contribution in [1.82, 2.24) is 0 Å². The number of benzene rings is 2. The van der Waals surface area contributed by atoms with Crippen molar-refractivity contribution in [2.45, 2.75) is 16.7 Å². The van der Waals surface area contributed by atoms with Gasteiger partial charge < -0.3 is 10.5 Å². The van der Waals surface area contributed by atoms with Gasteiger partial charge in [0, 0.05) is 10.6 Å². The molecule has 0 aliphatic rings. The maximum absolute atomic E-state index is 12.9. The van der Waals surface area contributed by atoms with E-state index in [1.54, 1.807) is 6.92 Å². The van der Waals surface area contributed by atoms with Crippen molar-refractivity contribution in [1.29, 1.82) is 0 Å². The average Bonchev–Trinajstić information content (AvgIpc) is 2.51. The average molecular weight is 374 g/mol. The maximum Gasteiger partial charge on any atom is 0.250 e. The highest BCUT2D eigenvalue weighted by Gasteiger charge is 2.28. The molecule has 0 unspecified atom stereocenters. The first kappa shape index (κ1) is 17.6. The molecule has 0 atom stereocenters. The molecule has 0 fully saturated rings. The zero-order valence-corrected chi connectivity index (χ0v) is 14.6. The molecule has 0 saturated heterocycles. The Morgan fingerprint density at radius 1 is 1.17 bits per heavy atom. The van der Waals surface area contributed by atoms with Gasteiger partial charge in [0.25, 0.3) is 0 Å². The number of sulfone groups is 1. The van der Waals surface area contributed by atoms with Crippen LogP contribution in [0.3, 0.4) is 0 Å². The van der Waals surface area contributed by atoms with Crippen LogP contribution in [0.5, 0.6) is 5.75 Å². The Morgan fingerprint density at radius 2 is 1.78 bits per heavy atom. The van der Waals surface area contributed by atoms with Crippen molar-refractivity contribution in [3.63, 3.8) is 0 Å². The minimum atomic E-state index is -4.11. The lowest BCUT2D eigenvalue weighted by Crippen LogP contribution is -2.16. The number of amides is 1. The molecule has 2 rings (SSSR count). The van der Waals surface area contributed by atoms with Crippen LogP contribution >= 0.6 is 23.2 Å². The van der Waals surface area contributed by atoms with Crippen LogP contribution in [0.4, 0.5) is 0 Å². The van der Waals surface area contributed by atoms with Crippen molar-refractivity contribution in [3.05, 3.63) is 51.5 Å². The normalized spacial score (nSPS) is 11.3. The van der Waals surface area contributed by atoms with Crippen molar-refractivity contribution in [3.8, 4) is 5.75 Å². The van der Waals surface area contributed by atoms with Crippen LogP contribution in [-0.4, -0.2) is 21.4 Å². The first-order chi connectivity index (χ1) is 10.7. The lowest BCUT2D eigenvalue weighted by molar-refractivity contribution is 0.0997. The van der Waals surface area contributed by atoms with Crippen molar-refractivity contribution in [2.24, 2.45) is 5.73 Å². The molecule has 2 N–H and O–H groups in total. The van der Waals surface area contributed by atoms with Crippen molar-refractivity contribution >= 4 is 38.9 Å². The molecule has 0 aliphatic heterocycles. The third-order valence-corrected chi connectivity index (χ3v) is 6.02. The minimum Gasteiger partial charge on any atom is -0.495 e. The number of carbonyl (C=O) groups excluding carboxylic acids is 1. The second kappa shape index (κ2) is 6.39. The Morgan fingerprint density at radius 3 is 2.35 bits per heavy atom. The second-order valence-corrected chi connectivity index (χ2v) is 7.36. The van der Waals surface area contributed by atoms with Crippen LogP contribution in [0.1, 0.15) is 15.9 Å². The summed E-state index contributed by atoms with van der Waals surface area (Å²) in [4.78, 5) is 11.0. The summed E-state index contributed by atoms with van der Waals surface area (Å²) in [7, 11) is -2.75. The summed E-state index contributed by atoms with van der Waals surface area (Å²) in [5.41, 5.74) is 5.64. The van der Waals surface area contributed by atoms with Crippen molar-refractivity contribution < 1.29 is 17.9 Å². The van der Waals surface area contributed by atoms with Gasteiger partial charge in [0.15, 0.2) is 0 Å². The largest absolute Gasteiger partial charge is 0.495 e. The summed E-state index contributed by atoms with van der Waals surface area (Å²) in [5, 5.41) is 0.0788. The third-order valence-electron chi connectivity index (χ3n) is 3.31. The predicted molar refractivity (Wildman–Crippen MR) is 88.2 cm³/mol. The molecular weight excluding hydrogens is 361 g/mol. The first-order valence-corrected chi connectivity index (χ1v) is 8.62. The number of hydrogen-bond acceptors (Lipinski definition) is 4. The highest BCUT2D eigenvalue weighted by atomic mass is 35.5. The van der Waals surface area contributed by atoms with Crippen LogP contribution in [-0.2, 0) is 9.84 Å². The van der Waals surface area contributed by atoms with Gasteiger partial charge in [-0.3, -0.25) is 4.79 Å². The number of methoxy groups -OCH3 is 1. The van der Waals surface area contributed by atoms with E-state index >= 15 is 0 Å². The number of ether oxygens (including phenoxy) is 1. The summed E-state index contributed by atoms with van der Waals surface area (Å²) in [6.07, 6.45) is 0. The van der Waals surface area contributed by atoms with Crippen LogP contribution in [0.15, 0.2) is 40.1 Å². The number of halogens is 2. The third kappa shape index (κ3) is 3.02. The van der Waals surface area contributed by atoms with E-state index in [2.05, 4.69) is 0 Å². The van der Waals surface area contributed by atoms with Crippen LogP contribution in [0.2, 0.25) is 10.0 Å².